The van der Waals surface area contributed by atoms with Crippen molar-refractivity contribution in [1.82, 2.24) is 9.80 Å². The van der Waals surface area contributed by atoms with Crippen molar-refractivity contribution < 1.29 is 14.6 Å². The van der Waals surface area contributed by atoms with E-state index >= 15 is 0 Å². The summed E-state index contributed by atoms with van der Waals surface area (Å²) in [6.07, 6.45) is 2.55. The van der Waals surface area contributed by atoms with Crippen molar-refractivity contribution in [2.75, 3.05) is 46.4 Å². The largest absolute Gasteiger partial charge is 0.391 e. The Kier molecular flexibility index (Phi) is 4.93. The number of rotatable bonds is 6. The average Bonchev–Trinajstić information content (AvgIpc) is 3.08. The summed E-state index contributed by atoms with van der Waals surface area (Å²) in [5, 5.41) is 11.1. The predicted octanol–water partition coefficient (Wildman–Crippen LogP) is 0.905. The third-order valence-electron chi connectivity index (χ3n) is 8.20. The van der Waals surface area contributed by atoms with E-state index in [0.717, 1.165) is 26.2 Å². The fraction of sp³-hybridized carbons (Fsp3) is 0.696. The van der Waals surface area contributed by atoms with Gasteiger partial charge in [-0.25, -0.2) is 0 Å². The molecule has 1 spiro atoms. The first-order valence-corrected chi connectivity index (χ1v) is 11.0. The van der Waals surface area contributed by atoms with Crippen LogP contribution in [0.5, 0.6) is 0 Å². The zero-order valence-corrected chi connectivity index (χ0v) is 17.2. The molecule has 1 aromatic rings. The second kappa shape index (κ2) is 7.34. The summed E-state index contributed by atoms with van der Waals surface area (Å²) in [4.78, 5) is 16.1. The number of piperidine rings is 1. The topological polar surface area (TPSA) is 79.0 Å². The van der Waals surface area contributed by atoms with Crippen LogP contribution in [0, 0.1) is 23.2 Å². The SMILES string of the molecule is COC1[C@@H]2CC[C@H]1CN(C[C@@H]1[C@@H](c3ccccc3)[C@]13CN(CC(N)=O)C[C@H]3O)C2. The lowest BCUT2D eigenvalue weighted by Gasteiger charge is -2.37. The maximum absolute atomic E-state index is 11.5. The van der Waals surface area contributed by atoms with Crippen LogP contribution in [0.3, 0.4) is 0 Å². The van der Waals surface area contributed by atoms with Gasteiger partial charge in [-0.15, -0.1) is 0 Å². The molecule has 0 radical (unpaired) electrons. The lowest BCUT2D eigenvalue weighted by Crippen LogP contribution is -2.46. The first-order valence-electron chi connectivity index (χ1n) is 11.0. The van der Waals surface area contributed by atoms with Crippen LogP contribution in [0.1, 0.15) is 24.3 Å². The van der Waals surface area contributed by atoms with Crippen molar-refractivity contribution in [2.45, 2.75) is 31.0 Å². The van der Waals surface area contributed by atoms with Gasteiger partial charge >= 0.3 is 0 Å². The van der Waals surface area contributed by atoms with Gasteiger partial charge in [-0.05, 0) is 42.1 Å². The maximum atomic E-state index is 11.5. The molecule has 6 nitrogen and oxygen atoms in total. The van der Waals surface area contributed by atoms with E-state index in [1.807, 2.05) is 18.1 Å². The molecule has 6 heteroatoms. The minimum absolute atomic E-state index is 0.159. The summed E-state index contributed by atoms with van der Waals surface area (Å²) in [5.74, 6) is 1.72. The third kappa shape index (κ3) is 3.21. The Morgan fingerprint density at radius 1 is 1.17 bits per heavy atom. The van der Waals surface area contributed by atoms with Crippen LogP contribution in [-0.2, 0) is 9.53 Å². The zero-order chi connectivity index (χ0) is 20.2. The van der Waals surface area contributed by atoms with Crippen LogP contribution < -0.4 is 5.73 Å². The summed E-state index contributed by atoms with van der Waals surface area (Å²) in [6, 6.07) is 10.6. The van der Waals surface area contributed by atoms with Gasteiger partial charge in [0.25, 0.3) is 0 Å². The number of primary amides is 1. The molecule has 7 atom stereocenters. The van der Waals surface area contributed by atoms with Gasteiger partial charge in [0.2, 0.25) is 5.91 Å². The summed E-state index contributed by atoms with van der Waals surface area (Å²) in [5.41, 5.74) is 6.59. The molecule has 158 valence electrons. The van der Waals surface area contributed by atoms with E-state index in [0.29, 0.717) is 36.3 Å². The number of amides is 1. The molecule has 2 saturated carbocycles. The lowest BCUT2D eigenvalue weighted by atomic mass is 9.93. The van der Waals surface area contributed by atoms with Crippen molar-refractivity contribution >= 4 is 5.91 Å². The molecule has 1 amide bonds. The first kappa shape index (κ1) is 19.5. The van der Waals surface area contributed by atoms with Crippen LogP contribution >= 0.6 is 0 Å². The first-order chi connectivity index (χ1) is 14.0. The number of hydrogen-bond donors (Lipinski definition) is 2. The molecule has 29 heavy (non-hydrogen) atoms. The molecule has 2 saturated heterocycles. The van der Waals surface area contributed by atoms with E-state index in [-0.39, 0.29) is 17.9 Å². The summed E-state index contributed by atoms with van der Waals surface area (Å²) in [6.45, 7) is 4.75. The summed E-state index contributed by atoms with van der Waals surface area (Å²) in [7, 11) is 1.86. The van der Waals surface area contributed by atoms with Crippen molar-refractivity contribution in [3.8, 4) is 0 Å². The fourth-order valence-electron chi connectivity index (χ4n) is 7.08. The molecule has 0 aromatic heterocycles. The fourth-order valence-corrected chi connectivity index (χ4v) is 7.08. The average molecular weight is 400 g/mol. The third-order valence-corrected chi connectivity index (χ3v) is 8.20. The molecule has 5 rings (SSSR count). The van der Waals surface area contributed by atoms with Gasteiger partial charge < -0.3 is 20.5 Å². The van der Waals surface area contributed by atoms with Crippen molar-refractivity contribution in [2.24, 2.45) is 28.9 Å². The van der Waals surface area contributed by atoms with E-state index in [1.54, 1.807) is 0 Å². The monoisotopic (exact) mass is 399 g/mol. The number of methoxy groups -OCH3 is 1. The van der Waals surface area contributed by atoms with Gasteiger partial charge in [0, 0.05) is 45.2 Å². The molecule has 2 aliphatic heterocycles. The quantitative estimate of drug-likeness (QED) is 0.743. The van der Waals surface area contributed by atoms with Crippen molar-refractivity contribution in [1.29, 1.82) is 0 Å². The van der Waals surface area contributed by atoms with Crippen LogP contribution in [0.4, 0.5) is 0 Å². The van der Waals surface area contributed by atoms with E-state index in [9.17, 15) is 9.90 Å². The molecule has 2 bridgehead atoms. The number of likely N-dealkylation sites (tertiary alicyclic amines) is 2. The number of nitrogens with two attached hydrogens (primary N) is 1. The Bertz CT molecular complexity index is 745. The number of aliphatic hydroxyl groups excluding tert-OH is 1. The molecule has 2 heterocycles. The molecule has 4 aliphatic rings. The van der Waals surface area contributed by atoms with Gasteiger partial charge in [-0.3, -0.25) is 9.69 Å². The van der Waals surface area contributed by atoms with Crippen molar-refractivity contribution in [3.05, 3.63) is 35.9 Å². The van der Waals surface area contributed by atoms with Gasteiger partial charge in [0.05, 0.1) is 18.8 Å². The zero-order valence-electron chi connectivity index (χ0n) is 17.2. The highest BCUT2D eigenvalue weighted by atomic mass is 16.5. The van der Waals surface area contributed by atoms with Crippen molar-refractivity contribution in [3.63, 3.8) is 0 Å². The Hall–Kier alpha value is -1.47. The highest BCUT2D eigenvalue weighted by molar-refractivity contribution is 5.76. The normalized spacial score (nSPS) is 41.9. The van der Waals surface area contributed by atoms with E-state index in [2.05, 4.69) is 29.2 Å². The molecule has 1 unspecified atom stereocenters. The molecular weight excluding hydrogens is 366 g/mol. The number of fused-ring (bicyclic) bond motifs is 2. The number of carbonyl (C=O) groups is 1. The number of β-amino-alcohol motifs (C(OH)–C–C–N with tert-alkyl or cyclic N) is 1. The van der Waals surface area contributed by atoms with Gasteiger partial charge in [-0.1, -0.05) is 30.3 Å². The van der Waals surface area contributed by atoms with Crippen LogP contribution in [0.25, 0.3) is 0 Å². The highest BCUT2D eigenvalue weighted by Gasteiger charge is 2.71. The minimum atomic E-state index is -0.412. The van der Waals surface area contributed by atoms with Gasteiger partial charge in [-0.2, -0.15) is 0 Å². The standard InChI is InChI=1S/C23H33N3O3/c1-29-22-16-7-8-17(22)10-25(9-16)11-18-21(15-5-3-2-4-6-15)23(18)14-26(12-19(23)27)13-20(24)28/h2-6,16-19,21-22,27H,7-14H2,1H3,(H2,24,28)/t16-,17+,18-,19-,21-,22?,23-/m1/s1. The number of ether oxygens (including phenoxy) is 1. The molecule has 3 N–H and O–H groups in total. The smallest absolute Gasteiger partial charge is 0.231 e. The van der Waals surface area contributed by atoms with Crippen LogP contribution in [0.2, 0.25) is 0 Å². The Labute approximate surface area is 173 Å². The highest BCUT2D eigenvalue weighted by Crippen LogP contribution is 2.69. The molecule has 2 aliphatic carbocycles. The number of benzene rings is 1. The number of aliphatic hydroxyl groups is 1. The summed E-state index contributed by atoms with van der Waals surface area (Å²) < 4.78 is 5.78. The number of hydrogen-bond acceptors (Lipinski definition) is 5. The Morgan fingerprint density at radius 2 is 1.86 bits per heavy atom. The Morgan fingerprint density at radius 3 is 2.48 bits per heavy atom. The van der Waals surface area contributed by atoms with Crippen LogP contribution in [0.15, 0.2) is 30.3 Å². The molecular formula is C23H33N3O3. The molecule has 1 aromatic carbocycles. The number of carbonyl (C=O) groups excluding carboxylic acids is 1. The predicted molar refractivity (Wildman–Crippen MR) is 110 cm³/mol. The maximum Gasteiger partial charge on any atom is 0.231 e. The van der Waals surface area contributed by atoms with Gasteiger partial charge in [0.15, 0.2) is 0 Å². The molecule has 4 fully saturated rings. The summed E-state index contributed by atoms with van der Waals surface area (Å²) >= 11 is 0. The van der Waals surface area contributed by atoms with E-state index in [1.165, 1.54) is 18.4 Å². The van der Waals surface area contributed by atoms with Crippen LogP contribution in [-0.4, -0.2) is 79.4 Å². The second-order valence-electron chi connectivity index (χ2n) is 9.78. The minimum Gasteiger partial charge on any atom is -0.391 e. The lowest BCUT2D eigenvalue weighted by molar-refractivity contribution is -0.119. The van der Waals surface area contributed by atoms with E-state index < -0.39 is 6.10 Å². The van der Waals surface area contributed by atoms with Gasteiger partial charge in [0.1, 0.15) is 0 Å². The van der Waals surface area contributed by atoms with E-state index in [4.69, 9.17) is 10.5 Å². The Balaban J connectivity index is 1.36. The number of nitrogens with zero attached hydrogens (tertiary/aromatic N) is 2. The second-order valence-corrected chi connectivity index (χ2v) is 9.78.